The molecule has 0 unspecified atom stereocenters. The monoisotopic (exact) mass is 290 g/mol. The standard InChI is InChI=1S/C17H26N2O2/c1-5-11-17(6-2,7-3)19-15-10-9-13(12-14(15)18)16(20)21-8-4/h5,9-10,12,19H,1,6-8,11,18H2,2-4H3. The number of ether oxygens (including phenoxy) is 1. The summed E-state index contributed by atoms with van der Waals surface area (Å²) >= 11 is 0. The van der Waals surface area contributed by atoms with Crippen LogP contribution in [0, 0.1) is 0 Å². The fourth-order valence-electron chi connectivity index (χ4n) is 2.35. The lowest BCUT2D eigenvalue weighted by Gasteiger charge is -2.33. The average Bonchev–Trinajstić information content (AvgIpc) is 2.48. The number of anilines is 2. The molecule has 1 aromatic carbocycles. The molecule has 0 atom stereocenters. The highest BCUT2D eigenvalue weighted by molar-refractivity contribution is 5.92. The van der Waals surface area contributed by atoms with Crippen molar-refractivity contribution in [3.63, 3.8) is 0 Å². The molecule has 0 saturated carbocycles. The Kier molecular flexibility index (Phi) is 6.28. The van der Waals surface area contributed by atoms with Crippen LogP contribution in [-0.4, -0.2) is 18.1 Å². The van der Waals surface area contributed by atoms with E-state index < -0.39 is 0 Å². The first-order valence-electron chi connectivity index (χ1n) is 7.47. The van der Waals surface area contributed by atoms with Gasteiger partial charge in [0.05, 0.1) is 23.5 Å². The van der Waals surface area contributed by atoms with Gasteiger partial charge in [0, 0.05) is 5.54 Å². The summed E-state index contributed by atoms with van der Waals surface area (Å²) in [6, 6.07) is 5.23. The normalized spacial score (nSPS) is 11.0. The van der Waals surface area contributed by atoms with E-state index in [0.717, 1.165) is 24.9 Å². The predicted molar refractivity (Wildman–Crippen MR) is 88.6 cm³/mol. The van der Waals surface area contributed by atoms with Gasteiger partial charge < -0.3 is 15.8 Å². The van der Waals surface area contributed by atoms with E-state index in [1.165, 1.54) is 0 Å². The summed E-state index contributed by atoms with van der Waals surface area (Å²) in [7, 11) is 0. The fraction of sp³-hybridized carbons (Fsp3) is 0.471. The molecule has 4 heteroatoms. The lowest BCUT2D eigenvalue weighted by atomic mass is 9.88. The van der Waals surface area contributed by atoms with E-state index in [2.05, 4.69) is 25.7 Å². The highest BCUT2D eigenvalue weighted by Crippen LogP contribution is 2.30. The zero-order valence-corrected chi connectivity index (χ0v) is 13.2. The molecule has 0 heterocycles. The van der Waals surface area contributed by atoms with Crippen molar-refractivity contribution in [2.24, 2.45) is 0 Å². The average molecular weight is 290 g/mol. The summed E-state index contributed by atoms with van der Waals surface area (Å²) in [4.78, 5) is 11.7. The molecule has 0 aliphatic heterocycles. The topological polar surface area (TPSA) is 64.3 Å². The molecule has 0 aliphatic rings. The van der Waals surface area contributed by atoms with Gasteiger partial charge in [0.1, 0.15) is 0 Å². The Bertz CT molecular complexity index is 494. The molecule has 0 saturated heterocycles. The number of nitrogens with two attached hydrogens (primary N) is 1. The fourth-order valence-corrected chi connectivity index (χ4v) is 2.35. The summed E-state index contributed by atoms with van der Waals surface area (Å²) < 4.78 is 4.98. The number of hydrogen-bond donors (Lipinski definition) is 2. The van der Waals surface area contributed by atoms with Crippen LogP contribution >= 0.6 is 0 Å². The van der Waals surface area contributed by atoms with Crippen molar-refractivity contribution in [3.05, 3.63) is 36.4 Å². The highest BCUT2D eigenvalue weighted by atomic mass is 16.5. The number of esters is 1. The van der Waals surface area contributed by atoms with Gasteiger partial charge in [-0.05, 0) is 44.4 Å². The first kappa shape index (κ1) is 17.1. The Hall–Kier alpha value is -1.97. The van der Waals surface area contributed by atoms with Gasteiger partial charge in [-0.3, -0.25) is 0 Å². The van der Waals surface area contributed by atoms with Gasteiger partial charge >= 0.3 is 5.97 Å². The van der Waals surface area contributed by atoms with E-state index in [0.29, 0.717) is 17.9 Å². The summed E-state index contributed by atoms with van der Waals surface area (Å²) in [6.45, 7) is 10.2. The van der Waals surface area contributed by atoms with Crippen LogP contribution in [0.25, 0.3) is 0 Å². The highest BCUT2D eigenvalue weighted by Gasteiger charge is 2.25. The molecule has 0 aromatic heterocycles. The minimum Gasteiger partial charge on any atom is -0.462 e. The zero-order chi connectivity index (χ0) is 15.9. The first-order valence-corrected chi connectivity index (χ1v) is 7.47. The molecule has 1 rings (SSSR count). The molecule has 0 radical (unpaired) electrons. The second-order valence-corrected chi connectivity index (χ2v) is 5.13. The van der Waals surface area contributed by atoms with Crippen LogP contribution in [-0.2, 0) is 4.74 Å². The molecule has 116 valence electrons. The quantitative estimate of drug-likeness (QED) is 0.431. The molecule has 1 aromatic rings. The third-order valence-corrected chi connectivity index (χ3v) is 3.85. The van der Waals surface area contributed by atoms with Gasteiger partial charge in [0.15, 0.2) is 0 Å². The molecular formula is C17H26N2O2. The van der Waals surface area contributed by atoms with Gasteiger partial charge in [-0.25, -0.2) is 4.79 Å². The third-order valence-electron chi connectivity index (χ3n) is 3.85. The second-order valence-electron chi connectivity index (χ2n) is 5.13. The smallest absolute Gasteiger partial charge is 0.338 e. The number of nitrogen functional groups attached to an aromatic ring is 1. The van der Waals surface area contributed by atoms with Crippen molar-refractivity contribution in [2.75, 3.05) is 17.7 Å². The van der Waals surface area contributed by atoms with Crippen molar-refractivity contribution < 1.29 is 9.53 Å². The van der Waals surface area contributed by atoms with Crippen LogP contribution < -0.4 is 11.1 Å². The van der Waals surface area contributed by atoms with Gasteiger partial charge in [0.2, 0.25) is 0 Å². The van der Waals surface area contributed by atoms with E-state index in [9.17, 15) is 4.79 Å². The maximum atomic E-state index is 11.7. The number of nitrogens with one attached hydrogen (secondary N) is 1. The Labute approximate surface area is 127 Å². The first-order chi connectivity index (χ1) is 10.0. The van der Waals surface area contributed by atoms with Crippen LogP contribution in [0.4, 0.5) is 11.4 Å². The molecule has 0 bridgehead atoms. The zero-order valence-electron chi connectivity index (χ0n) is 13.2. The molecule has 3 N–H and O–H groups in total. The van der Waals surface area contributed by atoms with Crippen LogP contribution in [0.5, 0.6) is 0 Å². The summed E-state index contributed by atoms with van der Waals surface area (Å²) in [5, 5.41) is 3.51. The summed E-state index contributed by atoms with van der Waals surface area (Å²) in [5.74, 6) is -0.348. The van der Waals surface area contributed by atoms with E-state index in [1.807, 2.05) is 12.1 Å². The van der Waals surface area contributed by atoms with Gasteiger partial charge in [-0.1, -0.05) is 19.9 Å². The minimum absolute atomic E-state index is 0.0543. The van der Waals surface area contributed by atoms with E-state index in [4.69, 9.17) is 10.5 Å². The van der Waals surface area contributed by atoms with Crippen LogP contribution in [0.2, 0.25) is 0 Å². The number of rotatable bonds is 8. The van der Waals surface area contributed by atoms with E-state index in [-0.39, 0.29) is 11.5 Å². The molecule has 4 nitrogen and oxygen atoms in total. The van der Waals surface area contributed by atoms with Crippen LogP contribution in [0.15, 0.2) is 30.9 Å². The lowest BCUT2D eigenvalue weighted by molar-refractivity contribution is 0.0526. The SMILES string of the molecule is C=CCC(CC)(CC)Nc1ccc(C(=O)OCC)cc1N. The van der Waals surface area contributed by atoms with E-state index >= 15 is 0 Å². The largest absolute Gasteiger partial charge is 0.462 e. The second kappa shape index (κ2) is 7.72. The summed E-state index contributed by atoms with van der Waals surface area (Å²) in [5.41, 5.74) is 7.89. The minimum atomic E-state index is -0.348. The lowest BCUT2D eigenvalue weighted by Crippen LogP contribution is -2.36. The van der Waals surface area contributed by atoms with Crippen molar-refractivity contribution in [1.29, 1.82) is 0 Å². The van der Waals surface area contributed by atoms with E-state index in [1.54, 1.807) is 19.1 Å². The number of hydrogen-bond acceptors (Lipinski definition) is 4. The molecule has 0 amide bonds. The Morgan fingerprint density at radius 3 is 2.52 bits per heavy atom. The molecule has 0 spiro atoms. The third kappa shape index (κ3) is 4.25. The van der Waals surface area contributed by atoms with Gasteiger partial charge in [0.25, 0.3) is 0 Å². The Balaban J connectivity index is 2.99. The Morgan fingerprint density at radius 1 is 1.38 bits per heavy atom. The molecule has 21 heavy (non-hydrogen) atoms. The van der Waals surface area contributed by atoms with Gasteiger partial charge in [-0.15, -0.1) is 6.58 Å². The predicted octanol–water partition coefficient (Wildman–Crippen LogP) is 3.99. The molecule has 0 fully saturated rings. The van der Waals surface area contributed by atoms with Crippen LogP contribution in [0.1, 0.15) is 50.4 Å². The van der Waals surface area contributed by atoms with Crippen molar-refractivity contribution in [3.8, 4) is 0 Å². The van der Waals surface area contributed by atoms with Crippen LogP contribution in [0.3, 0.4) is 0 Å². The maximum absolute atomic E-state index is 11.7. The number of carbonyl (C=O) groups excluding carboxylic acids is 1. The summed E-state index contributed by atoms with van der Waals surface area (Å²) in [6.07, 6.45) is 4.71. The molecular weight excluding hydrogens is 264 g/mol. The number of carbonyl (C=O) groups is 1. The van der Waals surface area contributed by atoms with Crippen molar-refractivity contribution in [1.82, 2.24) is 0 Å². The Morgan fingerprint density at radius 2 is 2.05 bits per heavy atom. The van der Waals surface area contributed by atoms with Gasteiger partial charge in [-0.2, -0.15) is 0 Å². The maximum Gasteiger partial charge on any atom is 0.338 e. The van der Waals surface area contributed by atoms with Crippen molar-refractivity contribution in [2.45, 2.75) is 45.6 Å². The van der Waals surface area contributed by atoms with Crippen molar-refractivity contribution >= 4 is 17.3 Å². The molecule has 0 aliphatic carbocycles. The number of benzene rings is 1.